The number of carbonyl (C=O) groups excluding carboxylic acids is 4. The van der Waals surface area contributed by atoms with Crippen molar-refractivity contribution in [2.24, 2.45) is 5.92 Å². The van der Waals surface area contributed by atoms with Gasteiger partial charge in [0.15, 0.2) is 17.0 Å². The predicted molar refractivity (Wildman–Crippen MR) is 127 cm³/mol. The van der Waals surface area contributed by atoms with Crippen molar-refractivity contribution in [2.45, 2.75) is 70.2 Å². The van der Waals surface area contributed by atoms with Gasteiger partial charge in [-0.25, -0.2) is 9.69 Å². The number of benzene rings is 1. The van der Waals surface area contributed by atoms with Gasteiger partial charge in [-0.2, -0.15) is 0 Å². The summed E-state index contributed by atoms with van der Waals surface area (Å²) in [7, 11) is 0. The molecule has 2 heterocycles. The summed E-state index contributed by atoms with van der Waals surface area (Å²) in [6, 6.07) is 6.61. The summed E-state index contributed by atoms with van der Waals surface area (Å²) in [4.78, 5) is 56.2. The number of hydrogen-bond donors (Lipinski definition) is 0. The maximum Gasteiger partial charge on any atom is 0.421 e. The minimum Gasteiger partial charge on any atom is -0.466 e. The third-order valence-corrected chi connectivity index (χ3v) is 7.34. The van der Waals surface area contributed by atoms with E-state index in [0.29, 0.717) is 43.6 Å². The molecule has 2 atom stereocenters. The Kier molecular flexibility index (Phi) is 5.83. The Morgan fingerprint density at radius 1 is 1.14 bits per heavy atom. The molecule has 4 aliphatic rings. The SMILES string of the molecule is CCOC(=O)[C@@H]1CC2=C(CCC3(C2)OCCO3)C(=O)[C@@]12C(=O)N(C(=O)OC(C)(C)C)c1ccccc12. The van der Waals surface area contributed by atoms with Gasteiger partial charge in [-0.15, -0.1) is 0 Å². The fraction of sp³-hybridized carbons (Fsp3) is 0.556. The minimum atomic E-state index is -1.90. The Morgan fingerprint density at radius 2 is 1.83 bits per heavy atom. The van der Waals surface area contributed by atoms with Crippen LogP contribution in [0.25, 0.3) is 0 Å². The van der Waals surface area contributed by atoms with Crippen molar-refractivity contribution in [3.63, 3.8) is 0 Å². The highest BCUT2D eigenvalue weighted by Crippen LogP contribution is 2.56. The lowest BCUT2D eigenvalue weighted by Crippen LogP contribution is -2.58. The minimum absolute atomic E-state index is 0.0906. The second kappa shape index (κ2) is 8.52. The summed E-state index contributed by atoms with van der Waals surface area (Å²) >= 11 is 0. The number of esters is 1. The zero-order valence-corrected chi connectivity index (χ0v) is 21.0. The predicted octanol–water partition coefficient (Wildman–Crippen LogP) is 3.58. The number of ketones is 1. The molecule has 1 aromatic rings. The van der Waals surface area contributed by atoms with Gasteiger partial charge in [-0.05, 0) is 52.2 Å². The van der Waals surface area contributed by atoms with Crippen LogP contribution in [0, 0.1) is 5.92 Å². The van der Waals surface area contributed by atoms with Crippen LogP contribution in [0.5, 0.6) is 0 Å². The van der Waals surface area contributed by atoms with Crippen LogP contribution in [-0.2, 0) is 38.7 Å². The Bertz CT molecular complexity index is 1170. The van der Waals surface area contributed by atoms with Crippen LogP contribution >= 0.6 is 0 Å². The number of rotatable bonds is 2. The molecule has 9 heteroatoms. The summed E-state index contributed by atoms with van der Waals surface area (Å²) in [6.07, 6.45) is 0.432. The van der Waals surface area contributed by atoms with E-state index in [4.69, 9.17) is 18.9 Å². The van der Waals surface area contributed by atoms with Crippen molar-refractivity contribution < 1.29 is 38.1 Å². The first-order valence-corrected chi connectivity index (χ1v) is 12.4. The van der Waals surface area contributed by atoms with Gasteiger partial charge in [-0.3, -0.25) is 14.4 Å². The van der Waals surface area contributed by atoms with Crippen LogP contribution in [0.4, 0.5) is 10.5 Å². The lowest BCUT2D eigenvalue weighted by molar-refractivity contribution is -0.168. The number of nitrogens with zero attached hydrogens (tertiary/aromatic N) is 1. The van der Waals surface area contributed by atoms with Gasteiger partial charge < -0.3 is 18.9 Å². The first-order valence-electron chi connectivity index (χ1n) is 12.4. The lowest BCUT2D eigenvalue weighted by Gasteiger charge is -2.43. The molecule has 2 aliphatic carbocycles. The molecule has 0 unspecified atom stereocenters. The lowest BCUT2D eigenvalue weighted by atomic mass is 9.58. The number of fused-ring (bicyclic) bond motifs is 2. The van der Waals surface area contributed by atoms with Gasteiger partial charge in [-0.1, -0.05) is 23.8 Å². The van der Waals surface area contributed by atoms with E-state index in [1.54, 1.807) is 52.0 Å². The molecule has 36 heavy (non-hydrogen) atoms. The highest BCUT2D eigenvalue weighted by atomic mass is 16.7. The molecule has 1 saturated heterocycles. The van der Waals surface area contributed by atoms with Crippen LogP contribution in [0.15, 0.2) is 35.4 Å². The van der Waals surface area contributed by atoms with Gasteiger partial charge in [0, 0.05) is 18.4 Å². The van der Waals surface area contributed by atoms with E-state index >= 15 is 0 Å². The molecule has 0 bridgehead atoms. The average Bonchev–Trinajstić information content (AvgIpc) is 3.36. The summed E-state index contributed by atoms with van der Waals surface area (Å²) < 4.78 is 22.7. The van der Waals surface area contributed by atoms with Crippen molar-refractivity contribution in [3.05, 3.63) is 41.0 Å². The Morgan fingerprint density at radius 3 is 2.50 bits per heavy atom. The van der Waals surface area contributed by atoms with Crippen LogP contribution in [0.1, 0.15) is 58.9 Å². The number of anilines is 1. The van der Waals surface area contributed by atoms with E-state index in [1.165, 1.54) is 0 Å². The summed E-state index contributed by atoms with van der Waals surface area (Å²) in [5.41, 5.74) is -0.941. The number of Topliss-reactive ketones (excluding diaryl/α,β-unsaturated/α-hetero) is 1. The van der Waals surface area contributed by atoms with Crippen molar-refractivity contribution in [3.8, 4) is 0 Å². The summed E-state index contributed by atoms with van der Waals surface area (Å²) in [5, 5.41) is 0. The van der Waals surface area contributed by atoms with Gasteiger partial charge in [0.05, 0.1) is 31.4 Å². The maximum absolute atomic E-state index is 14.4. The van der Waals surface area contributed by atoms with E-state index in [-0.39, 0.29) is 18.7 Å². The van der Waals surface area contributed by atoms with Crippen LogP contribution in [0.2, 0.25) is 0 Å². The number of para-hydroxylation sites is 1. The first kappa shape index (κ1) is 24.6. The van der Waals surface area contributed by atoms with Crippen molar-refractivity contribution in [2.75, 3.05) is 24.7 Å². The fourth-order valence-corrected chi connectivity index (χ4v) is 5.97. The standard InChI is InChI=1S/C27H31NO8/c1-5-33-22(30)19-14-16-15-26(34-12-13-35-26)11-10-17(16)21(29)27(19)18-8-6-7-9-20(18)28(23(27)31)24(32)36-25(2,3)4/h6-9,19H,5,10-15H2,1-4H3/t19-,27-/m0/s1. The van der Waals surface area contributed by atoms with E-state index in [2.05, 4.69) is 0 Å². The van der Waals surface area contributed by atoms with Crippen molar-refractivity contribution in [1.82, 2.24) is 0 Å². The number of carbonyl (C=O) groups is 4. The van der Waals surface area contributed by atoms with E-state index in [1.807, 2.05) is 0 Å². The second-order valence-corrected chi connectivity index (χ2v) is 10.7. The molecule has 1 aromatic carbocycles. The van der Waals surface area contributed by atoms with E-state index in [9.17, 15) is 19.2 Å². The first-order chi connectivity index (χ1) is 17.0. The Labute approximate surface area is 209 Å². The van der Waals surface area contributed by atoms with Crippen molar-refractivity contribution >= 4 is 29.4 Å². The van der Waals surface area contributed by atoms with E-state index < -0.39 is 46.5 Å². The molecule has 1 fully saturated rings. The van der Waals surface area contributed by atoms with Gasteiger partial charge >= 0.3 is 12.1 Å². The maximum atomic E-state index is 14.4. The molecule has 5 rings (SSSR count). The van der Waals surface area contributed by atoms with Crippen LogP contribution in [0.3, 0.4) is 0 Å². The molecular weight excluding hydrogens is 466 g/mol. The molecule has 0 radical (unpaired) electrons. The largest absolute Gasteiger partial charge is 0.466 e. The van der Waals surface area contributed by atoms with Crippen LogP contribution in [-0.4, -0.2) is 55.0 Å². The van der Waals surface area contributed by atoms with Crippen molar-refractivity contribution in [1.29, 1.82) is 0 Å². The smallest absolute Gasteiger partial charge is 0.421 e. The number of imide groups is 1. The zero-order chi connectivity index (χ0) is 25.9. The van der Waals surface area contributed by atoms with Gasteiger partial charge in [0.1, 0.15) is 5.60 Å². The second-order valence-electron chi connectivity index (χ2n) is 10.7. The fourth-order valence-electron chi connectivity index (χ4n) is 5.97. The molecule has 2 aliphatic heterocycles. The third-order valence-electron chi connectivity index (χ3n) is 7.34. The highest BCUT2D eigenvalue weighted by molar-refractivity contribution is 6.34. The van der Waals surface area contributed by atoms with Gasteiger partial charge in [0.25, 0.3) is 5.91 Å². The molecule has 0 aromatic heterocycles. The number of amides is 2. The quantitative estimate of drug-likeness (QED) is 0.451. The van der Waals surface area contributed by atoms with E-state index in [0.717, 1.165) is 10.5 Å². The third kappa shape index (κ3) is 3.59. The molecular formula is C27H31NO8. The zero-order valence-electron chi connectivity index (χ0n) is 21.0. The topological polar surface area (TPSA) is 108 Å². The summed E-state index contributed by atoms with van der Waals surface area (Å²) in [6.45, 7) is 7.80. The average molecular weight is 498 g/mol. The van der Waals surface area contributed by atoms with Crippen LogP contribution < -0.4 is 4.90 Å². The number of allylic oxidation sites excluding steroid dienone is 1. The Hall–Kier alpha value is -3.04. The normalized spacial score (nSPS) is 26.9. The Balaban J connectivity index is 1.66. The highest BCUT2D eigenvalue weighted by Gasteiger charge is 2.67. The van der Waals surface area contributed by atoms with Gasteiger partial charge in [0.2, 0.25) is 0 Å². The monoisotopic (exact) mass is 497 g/mol. The molecule has 9 nitrogen and oxygen atoms in total. The number of hydrogen-bond acceptors (Lipinski definition) is 8. The molecule has 192 valence electrons. The summed E-state index contributed by atoms with van der Waals surface area (Å²) in [5.74, 6) is -3.83. The number of ether oxygens (including phenoxy) is 4. The molecule has 2 amide bonds. The molecule has 0 N–H and O–H groups in total. The molecule has 0 saturated carbocycles. The molecule has 2 spiro atoms.